The Hall–Kier alpha value is -4.92. The lowest BCUT2D eigenvalue weighted by Crippen LogP contribution is -2.45. The Balaban J connectivity index is 1.27. The monoisotopic (exact) mass is 481 g/mol. The van der Waals surface area contributed by atoms with E-state index in [-0.39, 0.29) is 18.7 Å². The molecular weight excluding hydrogens is 462 g/mol. The van der Waals surface area contributed by atoms with E-state index in [9.17, 15) is 14.4 Å². The van der Waals surface area contributed by atoms with Gasteiger partial charge in [0, 0.05) is 5.56 Å². The molecule has 1 aliphatic rings. The maximum Gasteiger partial charge on any atom is 0.290 e. The summed E-state index contributed by atoms with van der Waals surface area (Å²) in [4.78, 5) is 46.5. The number of amides is 3. The number of furan rings is 2. The van der Waals surface area contributed by atoms with Crippen LogP contribution >= 0.6 is 0 Å². The Morgan fingerprint density at radius 2 is 1.72 bits per heavy atom. The normalized spacial score (nSPS) is 15.7. The van der Waals surface area contributed by atoms with Gasteiger partial charge in [0.25, 0.3) is 11.8 Å². The average Bonchev–Trinajstić information content (AvgIpc) is 3.70. The van der Waals surface area contributed by atoms with E-state index in [1.807, 2.05) is 24.3 Å². The van der Waals surface area contributed by atoms with Crippen LogP contribution in [0.2, 0.25) is 0 Å². The molecule has 1 unspecified atom stereocenters. The largest absolute Gasteiger partial charge is 0.467 e. The van der Waals surface area contributed by atoms with Crippen LogP contribution in [0.3, 0.4) is 0 Å². The lowest BCUT2D eigenvalue weighted by molar-refractivity contribution is -0.122. The molecule has 0 bridgehead atoms. The maximum absolute atomic E-state index is 13.5. The smallest absolute Gasteiger partial charge is 0.290 e. The third-order valence-electron chi connectivity index (χ3n) is 6.06. The SMILES string of the molecule is O=C1CC(N(Cc2ccco2)C(=O)c2ccco2)C(=O)N1c1ccc(-c2nc3ccccc3o2)cc1. The first-order valence-corrected chi connectivity index (χ1v) is 11.3. The number of oxazole rings is 1. The third kappa shape index (κ3) is 3.76. The van der Waals surface area contributed by atoms with Gasteiger partial charge in [0.15, 0.2) is 11.3 Å². The lowest BCUT2D eigenvalue weighted by Gasteiger charge is -2.26. The van der Waals surface area contributed by atoms with Gasteiger partial charge >= 0.3 is 0 Å². The maximum atomic E-state index is 13.5. The lowest BCUT2D eigenvalue weighted by atomic mass is 10.1. The molecule has 36 heavy (non-hydrogen) atoms. The highest BCUT2D eigenvalue weighted by atomic mass is 16.4. The number of para-hydroxylation sites is 2. The van der Waals surface area contributed by atoms with Crippen molar-refractivity contribution >= 4 is 34.5 Å². The van der Waals surface area contributed by atoms with Gasteiger partial charge in [-0.2, -0.15) is 0 Å². The molecule has 0 spiro atoms. The molecule has 1 fully saturated rings. The van der Waals surface area contributed by atoms with E-state index in [1.54, 1.807) is 42.5 Å². The third-order valence-corrected chi connectivity index (χ3v) is 6.06. The van der Waals surface area contributed by atoms with Gasteiger partial charge in [0.2, 0.25) is 11.8 Å². The van der Waals surface area contributed by atoms with E-state index < -0.39 is 23.8 Å². The molecule has 0 radical (unpaired) electrons. The predicted molar refractivity (Wildman–Crippen MR) is 128 cm³/mol. The summed E-state index contributed by atoms with van der Waals surface area (Å²) < 4.78 is 16.5. The molecule has 9 nitrogen and oxygen atoms in total. The van der Waals surface area contributed by atoms with Crippen LogP contribution in [-0.2, 0) is 16.1 Å². The van der Waals surface area contributed by atoms with Gasteiger partial charge in [-0.05, 0) is 60.7 Å². The number of imide groups is 1. The van der Waals surface area contributed by atoms with Crippen molar-refractivity contribution in [2.45, 2.75) is 19.0 Å². The van der Waals surface area contributed by atoms with Crippen LogP contribution in [-0.4, -0.2) is 33.6 Å². The van der Waals surface area contributed by atoms with Crippen molar-refractivity contribution in [2.75, 3.05) is 4.90 Å². The quantitative estimate of drug-likeness (QED) is 0.325. The molecule has 5 aromatic rings. The van der Waals surface area contributed by atoms with Crippen LogP contribution in [0.4, 0.5) is 5.69 Å². The predicted octanol–water partition coefficient (Wildman–Crippen LogP) is 4.66. The minimum Gasteiger partial charge on any atom is -0.467 e. The van der Waals surface area contributed by atoms with Crippen molar-refractivity contribution in [3.63, 3.8) is 0 Å². The Kier molecular flexibility index (Phi) is 5.22. The molecule has 4 heterocycles. The van der Waals surface area contributed by atoms with Crippen LogP contribution < -0.4 is 4.90 Å². The first kappa shape index (κ1) is 21.6. The second kappa shape index (κ2) is 8.70. The molecule has 0 N–H and O–H groups in total. The molecule has 0 aliphatic carbocycles. The molecule has 2 aromatic carbocycles. The zero-order valence-corrected chi connectivity index (χ0v) is 18.9. The van der Waals surface area contributed by atoms with E-state index in [0.717, 1.165) is 10.4 Å². The van der Waals surface area contributed by atoms with Crippen LogP contribution in [0.25, 0.3) is 22.6 Å². The van der Waals surface area contributed by atoms with Gasteiger partial charge in [-0.1, -0.05) is 12.1 Å². The number of fused-ring (bicyclic) bond motifs is 1. The second-order valence-electron chi connectivity index (χ2n) is 8.31. The Morgan fingerprint density at radius 3 is 2.44 bits per heavy atom. The number of carbonyl (C=O) groups is 3. The summed E-state index contributed by atoms with van der Waals surface area (Å²) in [5, 5.41) is 0. The van der Waals surface area contributed by atoms with E-state index in [1.165, 1.54) is 23.5 Å². The van der Waals surface area contributed by atoms with Crippen molar-refractivity contribution in [1.29, 1.82) is 0 Å². The summed E-state index contributed by atoms with van der Waals surface area (Å²) in [5.74, 6) is -0.416. The van der Waals surface area contributed by atoms with Crippen LogP contribution in [0.5, 0.6) is 0 Å². The summed E-state index contributed by atoms with van der Waals surface area (Å²) in [5.41, 5.74) is 2.51. The molecule has 1 atom stereocenters. The first-order valence-electron chi connectivity index (χ1n) is 11.3. The number of carbonyl (C=O) groups excluding carboxylic acids is 3. The number of hydrogen-bond donors (Lipinski definition) is 0. The fourth-order valence-corrected chi connectivity index (χ4v) is 4.32. The van der Waals surface area contributed by atoms with E-state index >= 15 is 0 Å². The number of nitrogens with zero attached hydrogens (tertiary/aromatic N) is 3. The number of hydrogen-bond acceptors (Lipinski definition) is 7. The topological polar surface area (TPSA) is 110 Å². The summed E-state index contributed by atoms with van der Waals surface area (Å²) >= 11 is 0. The Labute approximate surface area is 204 Å². The first-order chi connectivity index (χ1) is 17.6. The highest BCUT2D eigenvalue weighted by Crippen LogP contribution is 2.31. The molecule has 3 amide bonds. The molecule has 9 heteroatoms. The van der Waals surface area contributed by atoms with Crippen molar-refractivity contribution in [3.8, 4) is 11.5 Å². The second-order valence-corrected chi connectivity index (χ2v) is 8.31. The van der Waals surface area contributed by atoms with Crippen LogP contribution in [0, 0.1) is 0 Å². The summed E-state index contributed by atoms with van der Waals surface area (Å²) in [6.45, 7) is 0.0146. The van der Waals surface area contributed by atoms with E-state index in [0.29, 0.717) is 28.5 Å². The van der Waals surface area contributed by atoms with Gasteiger partial charge < -0.3 is 18.2 Å². The fourth-order valence-electron chi connectivity index (χ4n) is 4.32. The molecule has 6 rings (SSSR count). The number of benzene rings is 2. The fraction of sp³-hybridized carbons (Fsp3) is 0.111. The minimum atomic E-state index is -1.00. The number of rotatable bonds is 6. The van der Waals surface area contributed by atoms with Gasteiger partial charge in [0.1, 0.15) is 17.3 Å². The number of anilines is 1. The van der Waals surface area contributed by atoms with Crippen LogP contribution in [0.1, 0.15) is 22.7 Å². The van der Waals surface area contributed by atoms with Gasteiger partial charge in [0.05, 0.1) is 31.2 Å². The average molecular weight is 481 g/mol. The number of aromatic nitrogens is 1. The van der Waals surface area contributed by atoms with Crippen LogP contribution in [0.15, 0.2) is 98.6 Å². The minimum absolute atomic E-state index is 0.0146. The van der Waals surface area contributed by atoms with Gasteiger partial charge in [-0.15, -0.1) is 0 Å². The summed E-state index contributed by atoms with van der Waals surface area (Å²) in [6, 6.07) is 19.7. The molecular formula is C27H19N3O6. The van der Waals surface area contributed by atoms with Gasteiger partial charge in [-0.3, -0.25) is 14.4 Å². The Morgan fingerprint density at radius 1 is 0.944 bits per heavy atom. The van der Waals surface area contributed by atoms with E-state index in [4.69, 9.17) is 13.3 Å². The molecule has 3 aromatic heterocycles. The molecule has 178 valence electrons. The van der Waals surface area contributed by atoms with Gasteiger partial charge in [-0.25, -0.2) is 9.88 Å². The zero-order valence-electron chi connectivity index (χ0n) is 18.9. The summed E-state index contributed by atoms with van der Waals surface area (Å²) in [6.07, 6.45) is 2.71. The molecule has 0 saturated carbocycles. The zero-order chi connectivity index (χ0) is 24.6. The molecule has 1 aliphatic heterocycles. The highest BCUT2D eigenvalue weighted by Gasteiger charge is 2.45. The summed E-state index contributed by atoms with van der Waals surface area (Å²) in [7, 11) is 0. The van der Waals surface area contributed by atoms with E-state index in [2.05, 4.69) is 4.98 Å². The van der Waals surface area contributed by atoms with Crippen molar-refractivity contribution in [3.05, 3.63) is 96.8 Å². The van der Waals surface area contributed by atoms with Crippen molar-refractivity contribution < 1.29 is 27.6 Å². The standard InChI is InChI=1S/C27H19N3O6/c31-24-15-21(29(16-19-5-3-13-34-19)27(33)23-8-4-14-35-23)26(32)30(24)18-11-9-17(10-12-18)25-28-20-6-1-2-7-22(20)36-25/h1-14,21H,15-16H2. The molecule has 1 saturated heterocycles. The van der Waals surface area contributed by atoms with Crippen molar-refractivity contribution in [2.24, 2.45) is 0 Å². The Bertz CT molecular complexity index is 1520. The highest BCUT2D eigenvalue weighted by molar-refractivity contribution is 6.23. The van der Waals surface area contributed by atoms with Crippen molar-refractivity contribution in [1.82, 2.24) is 9.88 Å².